The number of carbonyl (C=O) groups is 2. The number of carbonyl (C=O) groups excluding carboxylic acids is 2. The van der Waals surface area contributed by atoms with Gasteiger partial charge in [-0.3, -0.25) is 9.59 Å². The summed E-state index contributed by atoms with van der Waals surface area (Å²) < 4.78 is 0. The first-order chi connectivity index (χ1) is 9.43. The van der Waals surface area contributed by atoms with Crippen molar-refractivity contribution in [1.29, 1.82) is 0 Å². The highest BCUT2D eigenvalue weighted by Crippen LogP contribution is 2.37. The molecule has 1 aromatic carbocycles. The fourth-order valence-corrected chi connectivity index (χ4v) is 3.18. The SMILES string of the molecule is CC1(C)CCC(NC(=O)c2ccc3c(c2)NC(=O)C3)C1. The van der Waals surface area contributed by atoms with E-state index in [4.69, 9.17) is 0 Å². The average molecular weight is 272 g/mol. The Bertz CT molecular complexity index is 578. The second-order valence-electron chi connectivity index (χ2n) is 6.67. The topological polar surface area (TPSA) is 58.2 Å². The number of benzene rings is 1. The number of amides is 2. The van der Waals surface area contributed by atoms with Crippen LogP contribution in [0.1, 0.15) is 49.0 Å². The molecule has 1 atom stereocenters. The minimum absolute atomic E-state index is 0.00454. The van der Waals surface area contributed by atoms with Crippen molar-refractivity contribution in [2.45, 2.75) is 45.6 Å². The van der Waals surface area contributed by atoms with Gasteiger partial charge in [0.2, 0.25) is 5.91 Å². The van der Waals surface area contributed by atoms with Gasteiger partial charge in [0.25, 0.3) is 5.91 Å². The lowest BCUT2D eigenvalue weighted by molar-refractivity contribution is -0.115. The summed E-state index contributed by atoms with van der Waals surface area (Å²) in [6.45, 7) is 4.48. The van der Waals surface area contributed by atoms with Gasteiger partial charge in [-0.25, -0.2) is 0 Å². The molecule has 0 aromatic heterocycles. The summed E-state index contributed by atoms with van der Waals surface area (Å²) in [7, 11) is 0. The Hall–Kier alpha value is -1.84. The van der Waals surface area contributed by atoms with Crippen molar-refractivity contribution in [3.05, 3.63) is 29.3 Å². The normalized spacial score (nSPS) is 23.3. The first-order valence-corrected chi connectivity index (χ1v) is 7.17. The molecule has 1 saturated carbocycles. The highest BCUT2D eigenvalue weighted by Gasteiger charge is 2.32. The summed E-state index contributed by atoms with van der Waals surface area (Å²) in [5, 5.41) is 5.88. The minimum atomic E-state index is -0.0448. The molecule has 0 bridgehead atoms. The molecule has 0 radical (unpaired) electrons. The van der Waals surface area contributed by atoms with E-state index in [0.717, 1.165) is 30.5 Å². The van der Waals surface area contributed by atoms with Crippen LogP contribution in [0.15, 0.2) is 18.2 Å². The zero-order valence-electron chi connectivity index (χ0n) is 12.0. The minimum Gasteiger partial charge on any atom is -0.349 e. The molecule has 1 aromatic rings. The molecular weight excluding hydrogens is 252 g/mol. The molecule has 1 fully saturated rings. The average Bonchev–Trinajstić information content (AvgIpc) is 2.89. The predicted octanol–water partition coefficient (Wildman–Crippen LogP) is 2.49. The maximum Gasteiger partial charge on any atom is 0.251 e. The van der Waals surface area contributed by atoms with E-state index in [-0.39, 0.29) is 17.9 Å². The Labute approximate surface area is 118 Å². The fourth-order valence-electron chi connectivity index (χ4n) is 3.18. The molecule has 4 heteroatoms. The summed E-state index contributed by atoms with van der Waals surface area (Å²) in [6, 6.07) is 5.70. The van der Waals surface area contributed by atoms with Gasteiger partial charge in [0.1, 0.15) is 0 Å². The summed E-state index contributed by atoms with van der Waals surface area (Å²) >= 11 is 0. The van der Waals surface area contributed by atoms with Crippen LogP contribution in [0.5, 0.6) is 0 Å². The molecule has 1 aliphatic carbocycles. The number of anilines is 1. The Morgan fingerprint density at radius 1 is 1.40 bits per heavy atom. The van der Waals surface area contributed by atoms with Gasteiger partial charge in [0.05, 0.1) is 6.42 Å². The molecule has 4 nitrogen and oxygen atoms in total. The summed E-state index contributed by atoms with van der Waals surface area (Å²) in [5.41, 5.74) is 2.68. The summed E-state index contributed by atoms with van der Waals surface area (Å²) in [6.07, 6.45) is 3.63. The highest BCUT2D eigenvalue weighted by molar-refractivity contribution is 6.02. The molecule has 1 aliphatic heterocycles. The zero-order valence-corrected chi connectivity index (χ0v) is 12.0. The van der Waals surface area contributed by atoms with E-state index < -0.39 is 0 Å². The van der Waals surface area contributed by atoms with Crippen molar-refractivity contribution in [2.75, 3.05) is 5.32 Å². The van der Waals surface area contributed by atoms with E-state index >= 15 is 0 Å². The largest absolute Gasteiger partial charge is 0.349 e. The predicted molar refractivity (Wildman–Crippen MR) is 77.7 cm³/mol. The van der Waals surface area contributed by atoms with Crippen molar-refractivity contribution >= 4 is 17.5 Å². The van der Waals surface area contributed by atoms with Gasteiger partial charge in [-0.2, -0.15) is 0 Å². The summed E-state index contributed by atoms with van der Waals surface area (Å²) in [4.78, 5) is 23.6. The van der Waals surface area contributed by atoms with Crippen LogP contribution in [0, 0.1) is 5.41 Å². The van der Waals surface area contributed by atoms with Gasteiger partial charge in [0.15, 0.2) is 0 Å². The van der Waals surface area contributed by atoms with E-state index in [1.165, 1.54) is 0 Å². The number of nitrogens with one attached hydrogen (secondary N) is 2. The van der Waals surface area contributed by atoms with Gasteiger partial charge < -0.3 is 10.6 Å². The first kappa shape index (κ1) is 13.2. The van der Waals surface area contributed by atoms with Crippen LogP contribution in [0.2, 0.25) is 0 Å². The van der Waals surface area contributed by atoms with Crippen LogP contribution >= 0.6 is 0 Å². The third kappa shape index (κ3) is 2.55. The number of hydrogen-bond acceptors (Lipinski definition) is 2. The summed E-state index contributed by atoms with van der Waals surface area (Å²) in [5.74, 6) is -0.0493. The second-order valence-corrected chi connectivity index (χ2v) is 6.67. The second kappa shape index (κ2) is 4.62. The third-order valence-electron chi connectivity index (χ3n) is 4.30. The van der Waals surface area contributed by atoms with Crippen molar-refractivity contribution < 1.29 is 9.59 Å². The van der Waals surface area contributed by atoms with Gasteiger partial charge in [-0.1, -0.05) is 19.9 Å². The van der Waals surface area contributed by atoms with Crippen LogP contribution in [-0.4, -0.2) is 17.9 Å². The van der Waals surface area contributed by atoms with Gasteiger partial charge >= 0.3 is 0 Å². The molecule has 1 heterocycles. The standard InChI is InChI=1S/C16H20N2O2/c1-16(2)6-5-12(9-16)17-15(20)11-4-3-10-8-14(19)18-13(10)7-11/h3-4,7,12H,5-6,8-9H2,1-2H3,(H,17,20)(H,18,19). The van der Waals surface area contributed by atoms with E-state index in [1.54, 1.807) is 12.1 Å². The molecule has 2 N–H and O–H groups in total. The number of fused-ring (bicyclic) bond motifs is 1. The lowest BCUT2D eigenvalue weighted by Crippen LogP contribution is -2.33. The molecule has 0 spiro atoms. The third-order valence-corrected chi connectivity index (χ3v) is 4.30. The van der Waals surface area contributed by atoms with Crippen molar-refractivity contribution in [3.63, 3.8) is 0 Å². The van der Waals surface area contributed by atoms with Crippen molar-refractivity contribution in [2.24, 2.45) is 5.41 Å². The molecular formula is C16H20N2O2. The molecule has 0 saturated heterocycles. The molecule has 20 heavy (non-hydrogen) atoms. The smallest absolute Gasteiger partial charge is 0.251 e. The quantitative estimate of drug-likeness (QED) is 0.869. The first-order valence-electron chi connectivity index (χ1n) is 7.17. The lowest BCUT2D eigenvalue weighted by atomic mass is 9.92. The van der Waals surface area contributed by atoms with Crippen LogP contribution in [0.25, 0.3) is 0 Å². The Kier molecular flexibility index (Phi) is 3.04. The Morgan fingerprint density at radius 2 is 2.20 bits per heavy atom. The zero-order chi connectivity index (χ0) is 14.3. The lowest BCUT2D eigenvalue weighted by Gasteiger charge is -2.18. The van der Waals surface area contributed by atoms with E-state index in [0.29, 0.717) is 17.4 Å². The van der Waals surface area contributed by atoms with Crippen molar-refractivity contribution in [1.82, 2.24) is 5.32 Å². The molecule has 3 rings (SSSR count). The van der Waals surface area contributed by atoms with E-state index in [9.17, 15) is 9.59 Å². The number of hydrogen-bond donors (Lipinski definition) is 2. The Morgan fingerprint density at radius 3 is 2.90 bits per heavy atom. The molecule has 2 amide bonds. The maximum atomic E-state index is 12.3. The van der Waals surface area contributed by atoms with Gasteiger partial charge in [-0.15, -0.1) is 0 Å². The number of rotatable bonds is 2. The van der Waals surface area contributed by atoms with Crippen LogP contribution < -0.4 is 10.6 Å². The maximum absolute atomic E-state index is 12.3. The van der Waals surface area contributed by atoms with E-state index in [2.05, 4.69) is 24.5 Å². The fraction of sp³-hybridized carbons (Fsp3) is 0.500. The Balaban J connectivity index is 1.69. The van der Waals surface area contributed by atoms with Crippen LogP contribution in [0.4, 0.5) is 5.69 Å². The van der Waals surface area contributed by atoms with Gasteiger partial charge in [0, 0.05) is 17.3 Å². The molecule has 1 unspecified atom stereocenters. The van der Waals surface area contributed by atoms with Crippen LogP contribution in [-0.2, 0) is 11.2 Å². The van der Waals surface area contributed by atoms with Gasteiger partial charge in [-0.05, 0) is 42.4 Å². The van der Waals surface area contributed by atoms with Crippen molar-refractivity contribution in [3.8, 4) is 0 Å². The molecule has 2 aliphatic rings. The molecule has 106 valence electrons. The van der Waals surface area contributed by atoms with E-state index in [1.807, 2.05) is 6.07 Å². The monoisotopic (exact) mass is 272 g/mol. The van der Waals surface area contributed by atoms with Crippen LogP contribution in [0.3, 0.4) is 0 Å². The highest BCUT2D eigenvalue weighted by atomic mass is 16.2.